The molecule has 2 rings (SSSR count). The van der Waals surface area contributed by atoms with Gasteiger partial charge in [-0.25, -0.2) is 0 Å². The summed E-state index contributed by atoms with van der Waals surface area (Å²) in [6.45, 7) is 10.0. The minimum absolute atomic E-state index is 0.603. The van der Waals surface area contributed by atoms with Crippen LogP contribution in [0.25, 0.3) is 0 Å². The zero-order valence-corrected chi connectivity index (χ0v) is 9.21. The Balaban J connectivity index is 1.79. The molecular weight excluding hydrogens is 160 g/mol. The maximum atomic E-state index is 2.69. The SMILES string of the molecule is CN1CC(N2CCC(C)(C)CC2)C1. The van der Waals surface area contributed by atoms with E-state index in [-0.39, 0.29) is 0 Å². The van der Waals surface area contributed by atoms with Gasteiger partial charge in [-0.15, -0.1) is 0 Å². The molecule has 0 N–H and O–H groups in total. The lowest BCUT2D eigenvalue weighted by Gasteiger charge is -2.47. The highest BCUT2D eigenvalue weighted by atomic mass is 15.3. The van der Waals surface area contributed by atoms with Gasteiger partial charge in [0, 0.05) is 19.1 Å². The average Bonchev–Trinajstić information content (AvgIpc) is 2.00. The van der Waals surface area contributed by atoms with E-state index in [1.54, 1.807) is 0 Å². The summed E-state index contributed by atoms with van der Waals surface area (Å²) < 4.78 is 0. The van der Waals surface area contributed by atoms with Crippen LogP contribution in [-0.2, 0) is 0 Å². The monoisotopic (exact) mass is 182 g/mol. The third-order valence-corrected chi connectivity index (χ3v) is 3.71. The molecule has 2 saturated heterocycles. The van der Waals surface area contributed by atoms with Crippen LogP contribution in [0.3, 0.4) is 0 Å². The third-order valence-electron chi connectivity index (χ3n) is 3.71. The standard InChI is InChI=1S/C11H22N2/c1-11(2)4-6-13(7-5-11)10-8-12(3)9-10/h10H,4-9H2,1-3H3. The molecule has 0 aromatic carbocycles. The van der Waals surface area contributed by atoms with Crippen molar-refractivity contribution in [3.8, 4) is 0 Å². The van der Waals surface area contributed by atoms with Crippen molar-refractivity contribution in [1.29, 1.82) is 0 Å². The molecule has 0 bridgehead atoms. The van der Waals surface area contributed by atoms with Gasteiger partial charge in [0.1, 0.15) is 0 Å². The van der Waals surface area contributed by atoms with Crippen LogP contribution < -0.4 is 0 Å². The van der Waals surface area contributed by atoms with Gasteiger partial charge in [0.15, 0.2) is 0 Å². The summed E-state index contributed by atoms with van der Waals surface area (Å²) in [4.78, 5) is 5.09. The minimum atomic E-state index is 0.603. The van der Waals surface area contributed by atoms with Gasteiger partial charge in [0.2, 0.25) is 0 Å². The molecule has 2 aliphatic heterocycles. The normalized spacial score (nSPS) is 31.6. The Bertz CT molecular complexity index is 173. The van der Waals surface area contributed by atoms with Crippen molar-refractivity contribution in [2.75, 3.05) is 33.2 Å². The van der Waals surface area contributed by atoms with Gasteiger partial charge in [-0.2, -0.15) is 0 Å². The fourth-order valence-electron chi connectivity index (χ4n) is 2.39. The second kappa shape index (κ2) is 3.25. The summed E-state index contributed by atoms with van der Waals surface area (Å²) in [5.74, 6) is 0. The van der Waals surface area contributed by atoms with E-state index in [1.807, 2.05) is 0 Å². The van der Waals surface area contributed by atoms with Crippen LogP contribution in [-0.4, -0.2) is 49.1 Å². The number of likely N-dealkylation sites (tertiary alicyclic amines) is 2. The molecule has 0 amide bonds. The Labute approximate surface area is 81.9 Å². The predicted octanol–water partition coefficient (Wildman–Crippen LogP) is 1.42. The number of nitrogens with zero attached hydrogens (tertiary/aromatic N) is 2. The maximum absolute atomic E-state index is 2.69. The van der Waals surface area contributed by atoms with Gasteiger partial charge in [-0.3, -0.25) is 4.90 Å². The van der Waals surface area contributed by atoms with Crippen LogP contribution in [0, 0.1) is 5.41 Å². The second-order valence-electron chi connectivity index (χ2n) is 5.58. The number of rotatable bonds is 1. The van der Waals surface area contributed by atoms with E-state index in [0.29, 0.717) is 5.41 Å². The van der Waals surface area contributed by atoms with E-state index in [9.17, 15) is 0 Å². The minimum Gasteiger partial charge on any atom is -0.303 e. The third kappa shape index (κ3) is 2.05. The first-order chi connectivity index (χ1) is 6.07. The predicted molar refractivity (Wildman–Crippen MR) is 55.9 cm³/mol. The molecule has 2 aliphatic rings. The zero-order valence-electron chi connectivity index (χ0n) is 9.21. The lowest BCUT2D eigenvalue weighted by atomic mass is 9.82. The molecule has 0 aromatic rings. The quantitative estimate of drug-likeness (QED) is 0.605. The highest BCUT2D eigenvalue weighted by molar-refractivity contribution is 4.90. The second-order valence-corrected chi connectivity index (χ2v) is 5.58. The molecule has 0 aromatic heterocycles. The van der Waals surface area contributed by atoms with E-state index in [2.05, 4.69) is 30.7 Å². The Morgan fingerprint density at radius 2 is 1.62 bits per heavy atom. The molecule has 2 heteroatoms. The van der Waals surface area contributed by atoms with E-state index in [4.69, 9.17) is 0 Å². The van der Waals surface area contributed by atoms with E-state index < -0.39 is 0 Å². The van der Waals surface area contributed by atoms with Gasteiger partial charge in [0.05, 0.1) is 0 Å². The fourth-order valence-corrected chi connectivity index (χ4v) is 2.39. The van der Waals surface area contributed by atoms with Crippen molar-refractivity contribution >= 4 is 0 Å². The molecule has 2 fully saturated rings. The zero-order chi connectivity index (χ0) is 9.47. The van der Waals surface area contributed by atoms with Crippen LogP contribution in [0.15, 0.2) is 0 Å². The van der Waals surface area contributed by atoms with Crippen LogP contribution in [0.2, 0.25) is 0 Å². The van der Waals surface area contributed by atoms with Gasteiger partial charge in [-0.05, 0) is 38.4 Å². The molecule has 2 heterocycles. The number of hydrogen-bond acceptors (Lipinski definition) is 2. The van der Waals surface area contributed by atoms with E-state index in [1.165, 1.54) is 39.0 Å². The molecule has 0 saturated carbocycles. The molecule has 0 atom stereocenters. The summed E-state index contributed by atoms with van der Waals surface area (Å²) >= 11 is 0. The van der Waals surface area contributed by atoms with Crippen molar-refractivity contribution in [3.05, 3.63) is 0 Å². The van der Waals surface area contributed by atoms with Crippen LogP contribution in [0.5, 0.6) is 0 Å². The lowest BCUT2D eigenvalue weighted by molar-refractivity contribution is 0.0149. The molecule has 0 radical (unpaired) electrons. The average molecular weight is 182 g/mol. The number of hydrogen-bond donors (Lipinski definition) is 0. The van der Waals surface area contributed by atoms with Gasteiger partial charge < -0.3 is 4.90 Å². The molecule has 0 unspecified atom stereocenters. The van der Waals surface area contributed by atoms with Gasteiger partial charge >= 0.3 is 0 Å². The Morgan fingerprint density at radius 1 is 1.08 bits per heavy atom. The van der Waals surface area contributed by atoms with Crippen molar-refractivity contribution in [2.24, 2.45) is 5.41 Å². The van der Waals surface area contributed by atoms with E-state index >= 15 is 0 Å². The maximum Gasteiger partial charge on any atom is 0.0350 e. The van der Waals surface area contributed by atoms with Gasteiger partial charge in [0.25, 0.3) is 0 Å². The van der Waals surface area contributed by atoms with Crippen molar-refractivity contribution in [1.82, 2.24) is 9.80 Å². The molecule has 2 nitrogen and oxygen atoms in total. The molecular formula is C11H22N2. The molecule has 13 heavy (non-hydrogen) atoms. The smallest absolute Gasteiger partial charge is 0.0350 e. The van der Waals surface area contributed by atoms with Crippen molar-refractivity contribution in [3.63, 3.8) is 0 Å². The van der Waals surface area contributed by atoms with Crippen LogP contribution in [0.4, 0.5) is 0 Å². The molecule has 0 spiro atoms. The van der Waals surface area contributed by atoms with Gasteiger partial charge in [-0.1, -0.05) is 13.8 Å². The number of likely N-dealkylation sites (N-methyl/N-ethyl adjacent to an activating group) is 1. The molecule has 0 aliphatic carbocycles. The number of piperidine rings is 1. The fraction of sp³-hybridized carbons (Fsp3) is 1.00. The van der Waals surface area contributed by atoms with Crippen LogP contribution >= 0.6 is 0 Å². The topological polar surface area (TPSA) is 6.48 Å². The summed E-state index contributed by atoms with van der Waals surface area (Å²) in [7, 11) is 2.21. The first kappa shape index (κ1) is 9.47. The first-order valence-electron chi connectivity index (χ1n) is 5.49. The van der Waals surface area contributed by atoms with Crippen LogP contribution in [0.1, 0.15) is 26.7 Å². The highest BCUT2D eigenvalue weighted by Crippen LogP contribution is 2.31. The first-order valence-corrected chi connectivity index (χ1v) is 5.49. The van der Waals surface area contributed by atoms with Crippen molar-refractivity contribution < 1.29 is 0 Å². The summed E-state index contributed by atoms with van der Waals surface area (Å²) in [6.07, 6.45) is 2.76. The molecule has 76 valence electrons. The Kier molecular flexibility index (Phi) is 2.37. The summed E-state index contributed by atoms with van der Waals surface area (Å²) in [6, 6.07) is 0.876. The summed E-state index contributed by atoms with van der Waals surface area (Å²) in [5.41, 5.74) is 0.603. The largest absolute Gasteiger partial charge is 0.303 e. The Morgan fingerprint density at radius 3 is 2.08 bits per heavy atom. The van der Waals surface area contributed by atoms with E-state index in [0.717, 1.165) is 6.04 Å². The Hall–Kier alpha value is -0.0800. The highest BCUT2D eigenvalue weighted by Gasteiger charge is 2.33. The summed E-state index contributed by atoms with van der Waals surface area (Å²) in [5, 5.41) is 0. The van der Waals surface area contributed by atoms with Crippen molar-refractivity contribution in [2.45, 2.75) is 32.7 Å². The lowest BCUT2D eigenvalue weighted by Crippen LogP contribution is -2.59.